The van der Waals surface area contributed by atoms with E-state index in [-0.39, 0.29) is 11.8 Å². The Balaban J connectivity index is 1.78. The van der Waals surface area contributed by atoms with Crippen molar-refractivity contribution in [3.05, 3.63) is 35.7 Å². The van der Waals surface area contributed by atoms with Gasteiger partial charge in [0, 0.05) is 23.4 Å². The molecule has 0 aliphatic heterocycles. The summed E-state index contributed by atoms with van der Waals surface area (Å²) in [7, 11) is 0. The third-order valence-electron chi connectivity index (χ3n) is 4.87. The van der Waals surface area contributed by atoms with E-state index in [2.05, 4.69) is 31.4 Å². The van der Waals surface area contributed by atoms with Crippen LogP contribution >= 0.6 is 11.3 Å². The highest BCUT2D eigenvalue weighted by Crippen LogP contribution is 2.33. The molecule has 3 nitrogen and oxygen atoms in total. The second-order valence-electron chi connectivity index (χ2n) is 6.83. The second-order valence-corrected chi connectivity index (χ2v) is 7.66. The number of carbonyl (C=O) groups is 1. The van der Waals surface area contributed by atoms with Crippen LogP contribution in [0.1, 0.15) is 46.0 Å². The zero-order valence-corrected chi connectivity index (χ0v) is 15.4. The maximum absolute atomic E-state index is 13.0. The van der Waals surface area contributed by atoms with Crippen molar-refractivity contribution in [3.8, 4) is 11.3 Å². The van der Waals surface area contributed by atoms with Crippen molar-refractivity contribution >= 4 is 22.4 Å². The summed E-state index contributed by atoms with van der Waals surface area (Å²) in [5.74, 6) is 1.22. The first-order valence-electron chi connectivity index (χ1n) is 9.01. The fourth-order valence-corrected chi connectivity index (χ4v) is 4.25. The van der Waals surface area contributed by atoms with Crippen molar-refractivity contribution in [1.82, 2.24) is 4.98 Å². The molecule has 0 radical (unpaired) electrons. The lowest BCUT2D eigenvalue weighted by atomic mass is 9.82. The number of anilines is 1. The Bertz CT molecular complexity index is 659. The molecule has 0 unspecified atom stereocenters. The smallest absolute Gasteiger partial charge is 0.231 e. The number of rotatable bonds is 5. The molecule has 1 saturated carbocycles. The topological polar surface area (TPSA) is 33.2 Å². The molecule has 24 heavy (non-hydrogen) atoms. The summed E-state index contributed by atoms with van der Waals surface area (Å²) in [6.07, 6.45) is 5.34. The summed E-state index contributed by atoms with van der Waals surface area (Å²) in [6.45, 7) is 5.17. The van der Waals surface area contributed by atoms with Crippen LogP contribution in [-0.2, 0) is 4.79 Å². The summed E-state index contributed by atoms with van der Waals surface area (Å²) in [5, 5.41) is 2.91. The molecule has 128 valence electrons. The minimum absolute atomic E-state index is 0.178. The Hall–Kier alpha value is -1.68. The van der Waals surface area contributed by atoms with E-state index in [0.717, 1.165) is 48.1 Å². The van der Waals surface area contributed by atoms with Gasteiger partial charge in [0.05, 0.1) is 5.69 Å². The molecule has 0 saturated heterocycles. The van der Waals surface area contributed by atoms with E-state index in [4.69, 9.17) is 4.98 Å². The van der Waals surface area contributed by atoms with Crippen molar-refractivity contribution in [2.75, 3.05) is 11.4 Å². The molecule has 1 aromatic carbocycles. The van der Waals surface area contributed by atoms with Gasteiger partial charge in [-0.1, -0.05) is 44.2 Å². The van der Waals surface area contributed by atoms with E-state index < -0.39 is 0 Å². The van der Waals surface area contributed by atoms with E-state index >= 15 is 0 Å². The van der Waals surface area contributed by atoms with Crippen LogP contribution in [0.3, 0.4) is 0 Å². The lowest BCUT2D eigenvalue weighted by molar-refractivity contribution is -0.123. The number of hydrogen-bond donors (Lipinski definition) is 0. The zero-order chi connectivity index (χ0) is 16.9. The highest BCUT2D eigenvalue weighted by Gasteiger charge is 2.29. The van der Waals surface area contributed by atoms with Crippen molar-refractivity contribution in [2.45, 2.75) is 46.0 Å². The fraction of sp³-hybridized carbons (Fsp3) is 0.500. The van der Waals surface area contributed by atoms with Gasteiger partial charge in [0.2, 0.25) is 5.91 Å². The van der Waals surface area contributed by atoms with Gasteiger partial charge in [-0.15, -0.1) is 11.3 Å². The van der Waals surface area contributed by atoms with Gasteiger partial charge in [0.25, 0.3) is 0 Å². The molecule has 0 atom stereocenters. The Morgan fingerprint density at radius 1 is 1.21 bits per heavy atom. The Morgan fingerprint density at radius 2 is 1.92 bits per heavy atom. The maximum Gasteiger partial charge on any atom is 0.231 e. The first kappa shape index (κ1) is 17.2. The predicted molar refractivity (Wildman–Crippen MR) is 101 cm³/mol. The number of carbonyl (C=O) groups excluding carboxylic acids is 1. The van der Waals surface area contributed by atoms with Crippen LogP contribution in [0.5, 0.6) is 0 Å². The van der Waals surface area contributed by atoms with E-state index in [9.17, 15) is 4.79 Å². The molecule has 0 bridgehead atoms. The highest BCUT2D eigenvalue weighted by atomic mass is 32.1. The monoisotopic (exact) mass is 342 g/mol. The standard InChI is InChI=1S/C20H26N2OS/c1-3-13-22(19(23)17-11-9-15(2)10-12-17)20-21-18(14-24-20)16-7-5-4-6-8-16/h4-8,14-15,17H,3,9-13H2,1-2H3. The van der Waals surface area contributed by atoms with Gasteiger partial charge >= 0.3 is 0 Å². The first-order valence-corrected chi connectivity index (χ1v) is 9.89. The molecule has 3 rings (SSSR count). The van der Waals surface area contributed by atoms with E-state index in [1.165, 1.54) is 12.8 Å². The minimum Gasteiger partial charge on any atom is -0.288 e. The van der Waals surface area contributed by atoms with Gasteiger partial charge in [-0.25, -0.2) is 4.98 Å². The van der Waals surface area contributed by atoms with Crippen LogP contribution < -0.4 is 4.90 Å². The molecule has 1 aliphatic rings. The predicted octanol–water partition coefficient (Wildman–Crippen LogP) is 5.38. The van der Waals surface area contributed by atoms with Crippen LogP contribution in [0.15, 0.2) is 35.7 Å². The number of amides is 1. The van der Waals surface area contributed by atoms with Gasteiger partial charge in [-0.05, 0) is 38.0 Å². The summed E-state index contributed by atoms with van der Waals surface area (Å²) >= 11 is 1.58. The Kier molecular flexibility index (Phi) is 5.67. The Morgan fingerprint density at radius 3 is 2.58 bits per heavy atom. The normalized spacial score (nSPS) is 20.8. The van der Waals surface area contributed by atoms with Gasteiger partial charge in [0.1, 0.15) is 0 Å². The van der Waals surface area contributed by atoms with Gasteiger partial charge in [-0.3, -0.25) is 9.69 Å². The van der Waals surface area contributed by atoms with Crippen molar-refractivity contribution in [1.29, 1.82) is 0 Å². The van der Waals surface area contributed by atoms with Gasteiger partial charge in [0.15, 0.2) is 5.13 Å². The summed E-state index contributed by atoms with van der Waals surface area (Å²) in [5.41, 5.74) is 2.07. The van der Waals surface area contributed by atoms with Gasteiger partial charge < -0.3 is 0 Å². The summed E-state index contributed by atoms with van der Waals surface area (Å²) < 4.78 is 0. The van der Waals surface area contributed by atoms with Crippen molar-refractivity contribution in [2.24, 2.45) is 11.8 Å². The Labute approximate surface area is 148 Å². The van der Waals surface area contributed by atoms with E-state index in [0.29, 0.717) is 0 Å². The zero-order valence-electron chi connectivity index (χ0n) is 14.6. The highest BCUT2D eigenvalue weighted by molar-refractivity contribution is 7.14. The number of aromatic nitrogens is 1. The molecule has 1 fully saturated rings. The second kappa shape index (κ2) is 7.93. The molecule has 0 spiro atoms. The quantitative estimate of drug-likeness (QED) is 0.731. The largest absolute Gasteiger partial charge is 0.288 e. The van der Waals surface area contributed by atoms with Crippen LogP contribution in [-0.4, -0.2) is 17.4 Å². The van der Waals surface area contributed by atoms with Crippen LogP contribution in [0.2, 0.25) is 0 Å². The fourth-order valence-electron chi connectivity index (χ4n) is 3.38. The molecular formula is C20H26N2OS. The first-order chi connectivity index (χ1) is 11.7. The lowest BCUT2D eigenvalue weighted by Crippen LogP contribution is -2.38. The van der Waals surface area contributed by atoms with Crippen LogP contribution in [0, 0.1) is 11.8 Å². The van der Waals surface area contributed by atoms with Gasteiger partial charge in [-0.2, -0.15) is 0 Å². The maximum atomic E-state index is 13.0. The summed E-state index contributed by atoms with van der Waals surface area (Å²) in [4.78, 5) is 19.7. The SMILES string of the molecule is CCCN(C(=O)C1CCC(C)CC1)c1nc(-c2ccccc2)cs1. The average Bonchev–Trinajstić information content (AvgIpc) is 3.10. The van der Waals surface area contributed by atoms with Crippen molar-refractivity contribution < 1.29 is 4.79 Å². The molecule has 0 N–H and O–H groups in total. The average molecular weight is 343 g/mol. The van der Waals surface area contributed by atoms with Crippen molar-refractivity contribution in [3.63, 3.8) is 0 Å². The molecule has 1 aromatic heterocycles. The molecule has 1 amide bonds. The molecule has 1 aliphatic carbocycles. The van der Waals surface area contributed by atoms with E-state index in [1.54, 1.807) is 11.3 Å². The summed E-state index contributed by atoms with van der Waals surface area (Å²) in [6, 6.07) is 10.2. The number of benzene rings is 1. The molecule has 4 heteroatoms. The molecule has 1 heterocycles. The van der Waals surface area contributed by atoms with Crippen LogP contribution in [0.4, 0.5) is 5.13 Å². The minimum atomic E-state index is 0.178. The third-order valence-corrected chi connectivity index (χ3v) is 5.73. The van der Waals surface area contributed by atoms with Crippen LogP contribution in [0.25, 0.3) is 11.3 Å². The molecular weight excluding hydrogens is 316 g/mol. The third kappa shape index (κ3) is 3.86. The number of hydrogen-bond acceptors (Lipinski definition) is 3. The molecule has 2 aromatic rings. The lowest BCUT2D eigenvalue weighted by Gasteiger charge is -2.29. The van der Waals surface area contributed by atoms with E-state index in [1.807, 2.05) is 23.1 Å². The number of nitrogens with zero attached hydrogens (tertiary/aromatic N) is 2. The number of thiazole rings is 1.